The van der Waals surface area contributed by atoms with Crippen molar-refractivity contribution in [1.82, 2.24) is 9.88 Å². The average molecular weight is 205 g/mol. The second-order valence-corrected chi connectivity index (χ2v) is 4.04. The second-order valence-electron chi connectivity index (χ2n) is 4.04. The lowest BCUT2D eigenvalue weighted by Gasteiger charge is -2.23. The van der Waals surface area contributed by atoms with Gasteiger partial charge in [-0.3, -0.25) is 9.88 Å². The molecule has 1 fully saturated rings. The van der Waals surface area contributed by atoms with Crippen LogP contribution in [-0.2, 0) is 0 Å². The SMILES string of the molecule is CCN1CCCC1CNc1ccncc1. The first-order chi connectivity index (χ1) is 7.40. The molecule has 0 spiro atoms. The molecule has 2 heterocycles. The highest BCUT2D eigenvalue weighted by atomic mass is 15.2. The molecule has 1 N–H and O–H groups in total. The predicted molar refractivity (Wildman–Crippen MR) is 63.0 cm³/mol. The Labute approximate surface area is 91.5 Å². The van der Waals surface area contributed by atoms with Gasteiger partial charge in [-0.05, 0) is 38.1 Å². The maximum Gasteiger partial charge on any atom is 0.0371 e. The Balaban J connectivity index is 1.83. The minimum atomic E-state index is 0.711. The van der Waals surface area contributed by atoms with Gasteiger partial charge < -0.3 is 5.32 Å². The van der Waals surface area contributed by atoms with Crippen molar-refractivity contribution in [2.75, 3.05) is 25.0 Å². The van der Waals surface area contributed by atoms with Gasteiger partial charge >= 0.3 is 0 Å². The first-order valence-corrected chi connectivity index (χ1v) is 5.78. The van der Waals surface area contributed by atoms with Gasteiger partial charge in [0.2, 0.25) is 0 Å². The number of likely N-dealkylation sites (N-methyl/N-ethyl adjacent to an activating group) is 1. The van der Waals surface area contributed by atoms with Gasteiger partial charge in [-0.2, -0.15) is 0 Å². The van der Waals surface area contributed by atoms with Crippen molar-refractivity contribution in [3.8, 4) is 0 Å². The Bertz CT molecular complexity index is 286. The second kappa shape index (κ2) is 5.12. The predicted octanol–water partition coefficient (Wildman–Crippen LogP) is 1.98. The highest BCUT2D eigenvalue weighted by molar-refractivity contribution is 5.40. The Morgan fingerprint density at radius 2 is 2.27 bits per heavy atom. The molecule has 2 rings (SSSR count). The molecule has 3 heteroatoms. The number of hydrogen-bond donors (Lipinski definition) is 1. The average Bonchev–Trinajstić information content (AvgIpc) is 2.75. The standard InChI is InChI=1S/C12H19N3/c1-2-15-9-3-4-12(15)10-14-11-5-7-13-8-6-11/h5-8,12H,2-4,9-10H2,1H3,(H,13,14). The van der Waals surface area contributed by atoms with E-state index in [9.17, 15) is 0 Å². The molecule has 1 aliphatic heterocycles. The highest BCUT2D eigenvalue weighted by Gasteiger charge is 2.22. The molecule has 0 aliphatic carbocycles. The summed E-state index contributed by atoms with van der Waals surface area (Å²) in [7, 11) is 0. The zero-order chi connectivity index (χ0) is 10.5. The van der Waals surface area contributed by atoms with Crippen LogP contribution in [0, 0.1) is 0 Å². The Hall–Kier alpha value is -1.09. The minimum absolute atomic E-state index is 0.711. The molecule has 0 radical (unpaired) electrons. The van der Waals surface area contributed by atoms with E-state index in [0.29, 0.717) is 6.04 Å². The fraction of sp³-hybridized carbons (Fsp3) is 0.583. The van der Waals surface area contributed by atoms with Crippen molar-refractivity contribution < 1.29 is 0 Å². The van der Waals surface area contributed by atoms with Crippen molar-refractivity contribution in [3.63, 3.8) is 0 Å². The molecule has 1 saturated heterocycles. The first kappa shape index (κ1) is 10.4. The molecule has 0 saturated carbocycles. The van der Waals surface area contributed by atoms with Crippen molar-refractivity contribution in [2.24, 2.45) is 0 Å². The van der Waals surface area contributed by atoms with E-state index in [0.717, 1.165) is 6.54 Å². The molecule has 3 nitrogen and oxygen atoms in total. The summed E-state index contributed by atoms with van der Waals surface area (Å²) in [5, 5.41) is 3.47. The normalized spacial score (nSPS) is 21.8. The van der Waals surface area contributed by atoms with Crippen LogP contribution in [-0.4, -0.2) is 35.6 Å². The lowest BCUT2D eigenvalue weighted by molar-refractivity contribution is 0.277. The molecule has 0 amide bonds. The van der Waals surface area contributed by atoms with Gasteiger partial charge in [0.25, 0.3) is 0 Å². The van der Waals surface area contributed by atoms with Crippen molar-refractivity contribution in [2.45, 2.75) is 25.8 Å². The Kier molecular flexibility index (Phi) is 3.56. The number of rotatable bonds is 4. The van der Waals surface area contributed by atoms with E-state index < -0.39 is 0 Å². The summed E-state index contributed by atoms with van der Waals surface area (Å²) < 4.78 is 0. The summed E-state index contributed by atoms with van der Waals surface area (Å²) in [6, 6.07) is 4.75. The van der Waals surface area contributed by atoms with Gasteiger partial charge in [-0.25, -0.2) is 0 Å². The van der Waals surface area contributed by atoms with E-state index in [4.69, 9.17) is 0 Å². The number of nitrogens with zero attached hydrogens (tertiary/aromatic N) is 2. The van der Waals surface area contributed by atoms with Gasteiger partial charge in [-0.1, -0.05) is 6.92 Å². The number of aromatic nitrogens is 1. The first-order valence-electron chi connectivity index (χ1n) is 5.78. The van der Waals surface area contributed by atoms with Crippen LogP contribution in [0.25, 0.3) is 0 Å². The van der Waals surface area contributed by atoms with E-state index in [1.165, 1.54) is 31.6 Å². The molecule has 15 heavy (non-hydrogen) atoms. The van der Waals surface area contributed by atoms with Crippen molar-refractivity contribution in [1.29, 1.82) is 0 Å². The lowest BCUT2D eigenvalue weighted by atomic mass is 10.2. The van der Waals surface area contributed by atoms with Crippen LogP contribution in [0.2, 0.25) is 0 Å². The number of likely N-dealkylation sites (tertiary alicyclic amines) is 1. The number of pyridine rings is 1. The van der Waals surface area contributed by atoms with Crippen LogP contribution < -0.4 is 5.32 Å². The maximum absolute atomic E-state index is 4.01. The van der Waals surface area contributed by atoms with Gasteiger partial charge in [-0.15, -0.1) is 0 Å². The Morgan fingerprint density at radius 3 is 3.00 bits per heavy atom. The minimum Gasteiger partial charge on any atom is -0.383 e. The molecule has 0 aromatic carbocycles. The molecule has 1 aliphatic rings. The van der Waals surface area contributed by atoms with Gasteiger partial charge in [0.1, 0.15) is 0 Å². The molecular formula is C12H19N3. The summed E-state index contributed by atoms with van der Waals surface area (Å²) in [6.07, 6.45) is 6.32. The fourth-order valence-electron chi connectivity index (χ4n) is 2.25. The zero-order valence-electron chi connectivity index (χ0n) is 9.32. The van der Waals surface area contributed by atoms with Crippen molar-refractivity contribution >= 4 is 5.69 Å². The monoisotopic (exact) mass is 205 g/mol. The smallest absolute Gasteiger partial charge is 0.0371 e. The summed E-state index contributed by atoms with van der Waals surface area (Å²) >= 11 is 0. The number of hydrogen-bond acceptors (Lipinski definition) is 3. The molecule has 1 unspecified atom stereocenters. The van der Waals surface area contributed by atoms with Crippen LogP contribution >= 0.6 is 0 Å². The van der Waals surface area contributed by atoms with Crippen LogP contribution in [0.5, 0.6) is 0 Å². The summed E-state index contributed by atoms with van der Waals surface area (Å²) in [4.78, 5) is 6.56. The van der Waals surface area contributed by atoms with Gasteiger partial charge in [0.05, 0.1) is 0 Å². The van der Waals surface area contributed by atoms with Crippen LogP contribution in [0.3, 0.4) is 0 Å². The summed E-state index contributed by atoms with van der Waals surface area (Å²) in [5.74, 6) is 0. The van der Waals surface area contributed by atoms with Gasteiger partial charge in [0.15, 0.2) is 0 Å². The molecule has 1 aromatic heterocycles. The third-order valence-corrected chi connectivity index (χ3v) is 3.13. The topological polar surface area (TPSA) is 28.2 Å². The fourth-order valence-corrected chi connectivity index (χ4v) is 2.25. The van der Waals surface area contributed by atoms with Crippen LogP contribution in [0.4, 0.5) is 5.69 Å². The van der Waals surface area contributed by atoms with E-state index >= 15 is 0 Å². The van der Waals surface area contributed by atoms with Crippen LogP contribution in [0.15, 0.2) is 24.5 Å². The van der Waals surface area contributed by atoms with Crippen molar-refractivity contribution in [3.05, 3.63) is 24.5 Å². The van der Waals surface area contributed by atoms with E-state index in [1.54, 1.807) is 0 Å². The van der Waals surface area contributed by atoms with E-state index in [-0.39, 0.29) is 0 Å². The highest BCUT2D eigenvalue weighted by Crippen LogP contribution is 2.17. The van der Waals surface area contributed by atoms with Gasteiger partial charge in [0, 0.05) is 30.7 Å². The van der Waals surface area contributed by atoms with E-state index in [2.05, 4.69) is 22.1 Å². The molecule has 0 bridgehead atoms. The maximum atomic E-state index is 4.01. The largest absolute Gasteiger partial charge is 0.383 e. The molecule has 1 aromatic rings. The molecule has 82 valence electrons. The summed E-state index contributed by atoms with van der Waals surface area (Å²) in [5.41, 5.74) is 1.17. The summed E-state index contributed by atoms with van der Waals surface area (Å²) in [6.45, 7) is 5.73. The number of anilines is 1. The quantitative estimate of drug-likeness (QED) is 0.814. The third-order valence-electron chi connectivity index (χ3n) is 3.13. The lowest BCUT2D eigenvalue weighted by Crippen LogP contribution is -2.34. The third kappa shape index (κ3) is 2.69. The number of nitrogens with one attached hydrogen (secondary N) is 1. The zero-order valence-corrected chi connectivity index (χ0v) is 9.32. The Morgan fingerprint density at radius 1 is 1.47 bits per heavy atom. The van der Waals surface area contributed by atoms with Crippen LogP contribution in [0.1, 0.15) is 19.8 Å². The molecular weight excluding hydrogens is 186 g/mol. The molecule has 1 atom stereocenters. The van der Waals surface area contributed by atoms with E-state index in [1.807, 2.05) is 24.5 Å².